The number of ether oxygens (including phenoxy) is 1. The summed E-state index contributed by atoms with van der Waals surface area (Å²) in [5.74, 6) is 0.866. The van der Waals surface area contributed by atoms with Crippen LogP contribution in [0.15, 0.2) is 0 Å². The van der Waals surface area contributed by atoms with E-state index in [-0.39, 0.29) is 5.60 Å². The summed E-state index contributed by atoms with van der Waals surface area (Å²) < 4.78 is 8.40. The van der Waals surface area contributed by atoms with E-state index in [2.05, 4.69) is 29.0 Å². The van der Waals surface area contributed by atoms with Gasteiger partial charge in [-0.2, -0.15) is 5.10 Å². The second-order valence-electron chi connectivity index (χ2n) is 5.76. The Balaban J connectivity index is 2.16. The fourth-order valence-electron chi connectivity index (χ4n) is 2.81. The number of hydrogen-bond donors (Lipinski definition) is 1. The molecule has 0 bridgehead atoms. The zero-order chi connectivity index (χ0) is 14.1. The number of hydrogen-bond acceptors (Lipinski definition) is 5. The number of nitrogens with one attached hydrogen (secondary N) is 1. The fraction of sp³-hybridized carbons (Fsp3) is 0.462. The van der Waals surface area contributed by atoms with Crippen molar-refractivity contribution in [1.82, 2.24) is 19.6 Å². The highest BCUT2D eigenvalue weighted by molar-refractivity contribution is 7.71. The van der Waals surface area contributed by atoms with Crippen molar-refractivity contribution < 1.29 is 4.74 Å². The summed E-state index contributed by atoms with van der Waals surface area (Å²) in [4.78, 5) is 6.97. The average molecular weight is 306 g/mol. The van der Waals surface area contributed by atoms with Gasteiger partial charge in [-0.05, 0) is 38.6 Å². The number of thiophene rings is 1. The Morgan fingerprint density at radius 1 is 1.45 bits per heavy atom. The molecule has 0 radical (unpaired) electrons. The van der Waals surface area contributed by atoms with Crippen molar-refractivity contribution in [3.8, 4) is 0 Å². The zero-order valence-corrected chi connectivity index (χ0v) is 13.1. The number of H-pyrrole nitrogens is 1. The fourth-order valence-corrected chi connectivity index (χ4v) is 4.22. The van der Waals surface area contributed by atoms with Crippen LogP contribution in [-0.4, -0.2) is 25.2 Å². The van der Waals surface area contributed by atoms with Gasteiger partial charge in [-0.3, -0.25) is 9.50 Å². The number of nitrogens with zero attached hydrogens (tertiary/aromatic N) is 3. The number of rotatable bonds is 0. The standard InChI is InChI=1S/C13H14N4OS2/c1-6-14-11-9(10-15-16-12(19)17(6)10)7-4-13(2,3)18-5-8(7)20-11/h4-5H2,1-3H3,(H,16,19). The van der Waals surface area contributed by atoms with Crippen LogP contribution in [0.2, 0.25) is 0 Å². The van der Waals surface area contributed by atoms with E-state index in [0.29, 0.717) is 11.4 Å². The summed E-state index contributed by atoms with van der Waals surface area (Å²) in [7, 11) is 0. The Morgan fingerprint density at radius 2 is 2.25 bits per heavy atom. The minimum Gasteiger partial charge on any atom is -0.370 e. The van der Waals surface area contributed by atoms with Gasteiger partial charge < -0.3 is 4.74 Å². The molecule has 4 heterocycles. The minimum absolute atomic E-state index is 0.143. The molecule has 0 spiro atoms. The first kappa shape index (κ1) is 12.4. The van der Waals surface area contributed by atoms with Crippen LogP contribution in [0.4, 0.5) is 0 Å². The smallest absolute Gasteiger partial charge is 0.201 e. The molecule has 5 nitrogen and oxygen atoms in total. The molecular formula is C13H14N4OS2. The highest BCUT2D eigenvalue weighted by Gasteiger charge is 2.30. The van der Waals surface area contributed by atoms with Gasteiger partial charge in [0.25, 0.3) is 0 Å². The van der Waals surface area contributed by atoms with Gasteiger partial charge in [-0.1, -0.05) is 0 Å². The van der Waals surface area contributed by atoms with Gasteiger partial charge in [0.1, 0.15) is 10.7 Å². The zero-order valence-electron chi connectivity index (χ0n) is 11.5. The second-order valence-corrected chi connectivity index (χ2v) is 7.23. The monoisotopic (exact) mass is 306 g/mol. The topological polar surface area (TPSA) is 55.2 Å². The van der Waals surface area contributed by atoms with Crippen LogP contribution >= 0.6 is 23.6 Å². The van der Waals surface area contributed by atoms with E-state index >= 15 is 0 Å². The quantitative estimate of drug-likeness (QED) is 0.648. The summed E-state index contributed by atoms with van der Waals surface area (Å²) in [5.41, 5.74) is 2.05. The lowest BCUT2D eigenvalue weighted by atomic mass is 9.94. The summed E-state index contributed by atoms with van der Waals surface area (Å²) in [6.45, 7) is 6.85. The van der Waals surface area contributed by atoms with Crippen LogP contribution in [0.1, 0.15) is 30.1 Å². The van der Waals surface area contributed by atoms with Gasteiger partial charge in [0.2, 0.25) is 4.77 Å². The SMILES string of the molecule is Cc1nc2sc3c(c2c2n[nH]c(=S)n12)CC(C)(C)OC3. The molecule has 1 aliphatic rings. The molecule has 0 unspecified atom stereocenters. The van der Waals surface area contributed by atoms with E-state index in [9.17, 15) is 0 Å². The van der Waals surface area contributed by atoms with Gasteiger partial charge >= 0.3 is 0 Å². The van der Waals surface area contributed by atoms with Crippen LogP contribution in [0.25, 0.3) is 15.9 Å². The Hall–Kier alpha value is -1.31. The molecule has 1 N–H and O–H groups in total. The predicted octanol–water partition coefficient (Wildman–Crippen LogP) is 3.16. The molecule has 0 saturated carbocycles. The van der Waals surface area contributed by atoms with Crippen LogP contribution in [0.3, 0.4) is 0 Å². The van der Waals surface area contributed by atoms with Gasteiger partial charge in [0.15, 0.2) is 5.65 Å². The first-order chi connectivity index (χ1) is 9.46. The largest absolute Gasteiger partial charge is 0.370 e. The van der Waals surface area contributed by atoms with E-state index < -0.39 is 0 Å². The Labute approximate surface area is 124 Å². The maximum absolute atomic E-state index is 5.90. The van der Waals surface area contributed by atoms with Crippen molar-refractivity contribution >= 4 is 39.4 Å². The normalized spacial score (nSPS) is 17.8. The van der Waals surface area contributed by atoms with E-state index in [1.165, 1.54) is 10.4 Å². The van der Waals surface area contributed by atoms with E-state index in [1.807, 2.05) is 11.3 Å². The molecule has 3 aromatic heterocycles. The molecule has 0 aromatic carbocycles. The number of aryl methyl sites for hydroxylation is 1. The Bertz CT molecular complexity index is 903. The summed E-state index contributed by atoms with van der Waals surface area (Å²) in [5, 5.41) is 8.41. The van der Waals surface area contributed by atoms with Gasteiger partial charge in [-0.15, -0.1) is 11.3 Å². The van der Waals surface area contributed by atoms with E-state index in [1.54, 1.807) is 11.3 Å². The molecule has 0 fully saturated rings. The average Bonchev–Trinajstić information content (AvgIpc) is 2.89. The molecule has 3 aromatic rings. The lowest BCUT2D eigenvalue weighted by Gasteiger charge is -2.30. The second kappa shape index (κ2) is 3.87. The molecule has 0 aliphatic carbocycles. The lowest BCUT2D eigenvalue weighted by molar-refractivity contribution is -0.0379. The summed E-state index contributed by atoms with van der Waals surface area (Å²) in [6.07, 6.45) is 0.877. The molecule has 0 atom stereocenters. The minimum atomic E-state index is -0.143. The first-order valence-electron chi connectivity index (χ1n) is 6.48. The first-order valence-corrected chi connectivity index (χ1v) is 7.71. The summed E-state index contributed by atoms with van der Waals surface area (Å²) >= 11 is 7.00. The molecule has 0 saturated heterocycles. The predicted molar refractivity (Wildman–Crippen MR) is 80.9 cm³/mol. The van der Waals surface area contributed by atoms with Gasteiger partial charge in [0.05, 0.1) is 17.6 Å². The van der Waals surface area contributed by atoms with Crippen molar-refractivity contribution in [3.05, 3.63) is 21.0 Å². The molecular weight excluding hydrogens is 292 g/mol. The number of fused-ring (bicyclic) bond motifs is 5. The van der Waals surface area contributed by atoms with E-state index in [0.717, 1.165) is 28.1 Å². The van der Waals surface area contributed by atoms with E-state index in [4.69, 9.17) is 17.0 Å². The van der Waals surface area contributed by atoms with Gasteiger partial charge in [0, 0.05) is 11.3 Å². The van der Waals surface area contributed by atoms with Crippen molar-refractivity contribution in [3.63, 3.8) is 0 Å². The molecule has 20 heavy (non-hydrogen) atoms. The molecule has 7 heteroatoms. The Morgan fingerprint density at radius 3 is 3.05 bits per heavy atom. The van der Waals surface area contributed by atoms with Gasteiger partial charge in [-0.25, -0.2) is 4.98 Å². The van der Waals surface area contributed by atoms with Crippen LogP contribution < -0.4 is 0 Å². The number of aromatic amines is 1. The van der Waals surface area contributed by atoms with Crippen LogP contribution in [0, 0.1) is 11.7 Å². The lowest BCUT2D eigenvalue weighted by Crippen LogP contribution is -2.31. The van der Waals surface area contributed by atoms with Crippen molar-refractivity contribution in [1.29, 1.82) is 0 Å². The van der Waals surface area contributed by atoms with Crippen molar-refractivity contribution in [2.75, 3.05) is 0 Å². The van der Waals surface area contributed by atoms with Crippen molar-refractivity contribution in [2.24, 2.45) is 0 Å². The Kier molecular flexibility index (Phi) is 2.40. The highest BCUT2D eigenvalue weighted by atomic mass is 32.1. The highest BCUT2D eigenvalue weighted by Crippen LogP contribution is 2.39. The maximum Gasteiger partial charge on any atom is 0.201 e. The number of aromatic nitrogens is 4. The third kappa shape index (κ3) is 1.60. The van der Waals surface area contributed by atoms with Crippen LogP contribution in [0.5, 0.6) is 0 Å². The third-order valence-electron chi connectivity index (χ3n) is 3.75. The molecule has 104 valence electrons. The molecule has 4 rings (SSSR count). The molecule has 0 amide bonds. The maximum atomic E-state index is 5.90. The van der Waals surface area contributed by atoms with Crippen LogP contribution in [-0.2, 0) is 17.8 Å². The third-order valence-corrected chi connectivity index (χ3v) is 5.12. The molecule has 1 aliphatic heterocycles. The van der Waals surface area contributed by atoms with Crippen molar-refractivity contribution in [2.45, 2.75) is 39.4 Å². The summed E-state index contributed by atoms with van der Waals surface area (Å²) in [6, 6.07) is 0.